The highest BCUT2D eigenvalue weighted by molar-refractivity contribution is 5.94. The third-order valence-corrected chi connectivity index (χ3v) is 2.67. The van der Waals surface area contributed by atoms with Crippen LogP contribution in [-0.2, 0) is 19.1 Å². The minimum Gasteiger partial charge on any atom is -0.456 e. The van der Waals surface area contributed by atoms with Gasteiger partial charge in [0.2, 0.25) is 5.91 Å². The highest BCUT2D eigenvalue weighted by Gasteiger charge is 2.09. The second-order valence-corrected chi connectivity index (χ2v) is 4.60. The molecule has 0 atom stereocenters. The van der Waals surface area contributed by atoms with Crippen LogP contribution in [-0.4, -0.2) is 30.9 Å². The molecule has 0 aliphatic rings. The Morgan fingerprint density at radius 3 is 2.45 bits per heavy atom. The molecule has 22 heavy (non-hydrogen) atoms. The topological polar surface area (TPSA) is 84.5 Å². The van der Waals surface area contributed by atoms with Crippen LogP contribution in [0.2, 0.25) is 0 Å². The molecule has 1 rings (SSSR count). The highest BCUT2D eigenvalue weighted by atomic mass is 19.1. The van der Waals surface area contributed by atoms with E-state index in [9.17, 15) is 18.8 Å². The number of halogens is 1. The third-order valence-electron chi connectivity index (χ3n) is 2.67. The zero-order valence-corrected chi connectivity index (χ0v) is 12.4. The van der Waals surface area contributed by atoms with Gasteiger partial charge in [0.15, 0.2) is 6.61 Å². The van der Waals surface area contributed by atoms with Crippen molar-refractivity contribution < 1.29 is 23.5 Å². The number of carbonyl (C=O) groups excluding carboxylic acids is 3. The van der Waals surface area contributed by atoms with Crippen LogP contribution in [0.25, 0.3) is 0 Å². The Labute approximate surface area is 128 Å². The summed E-state index contributed by atoms with van der Waals surface area (Å²) >= 11 is 0. The summed E-state index contributed by atoms with van der Waals surface area (Å²) in [5, 5.41) is 4.81. The van der Waals surface area contributed by atoms with E-state index in [1.807, 2.05) is 6.92 Å². The van der Waals surface area contributed by atoms with Gasteiger partial charge < -0.3 is 15.4 Å². The molecule has 0 aliphatic carbocycles. The van der Waals surface area contributed by atoms with Crippen molar-refractivity contribution in [3.63, 3.8) is 0 Å². The summed E-state index contributed by atoms with van der Waals surface area (Å²) in [6.45, 7) is 1.27. The second kappa shape index (κ2) is 9.49. The van der Waals surface area contributed by atoms with Crippen LogP contribution < -0.4 is 10.6 Å². The van der Waals surface area contributed by atoms with Crippen LogP contribution in [0.5, 0.6) is 0 Å². The predicted molar refractivity (Wildman–Crippen MR) is 78.5 cm³/mol. The van der Waals surface area contributed by atoms with Gasteiger partial charge in [-0.2, -0.15) is 0 Å². The smallest absolute Gasteiger partial charge is 0.306 e. The Balaban J connectivity index is 2.21. The number of unbranched alkanes of at least 4 members (excludes halogenated alkanes) is 1. The highest BCUT2D eigenvalue weighted by Crippen LogP contribution is 2.07. The first kappa shape index (κ1) is 17.6. The van der Waals surface area contributed by atoms with Crippen molar-refractivity contribution in [3.05, 3.63) is 30.1 Å². The van der Waals surface area contributed by atoms with E-state index in [0.29, 0.717) is 12.1 Å². The number of hydrogen-bond acceptors (Lipinski definition) is 4. The minimum absolute atomic E-state index is 0.261. The first-order valence-corrected chi connectivity index (χ1v) is 6.99. The third kappa shape index (κ3) is 7.37. The van der Waals surface area contributed by atoms with E-state index >= 15 is 0 Å². The largest absolute Gasteiger partial charge is 0.456 e. The molecule has 0 fully saturated rings. The van der Waals surface area contributed by atoms with Gasteiger partial charge in [-0.05, 0) is 30.7 Å². The molecule has 0 saturated carbocycles. The summed E-state index contributed by atoms with van der Waals surface area (Å²) in [5.41, 5.74) is 0.423. The fraction of sp³-hybridized carbons (Fsp3) is 0.400. The fourth-order valence-electron chi connectivity index (χ4n) is 1.51. The molecule has 120 valence electrons. The summed E-state index contributed by atoms with van der Waals surface area (Å²) in [4.78, 5) is 34.2. The average Bonchev–Trinajstić information content (AvgIpc) is 2.51. The maximum atomic E-state index is 12.7. The van der Waals surface area contributed by atoms with Crippen LogP contribution in [0.4, 0.5) is 10.1 Å². The van der Waals surface area contributed by atoms with Crippen molar-refractivity contribution in [2.24, 2.45) is 0 Å². The number of nitrogens with one attached hydrogen (secondary N) is 2. The van der Waals surface area contributed by atoms with Gasteiger partial charge in [-0.1, -0.05) is 13.3 Å². The van der Waals surface area contributed by atoms with Gasteiger partial charge in [-0.15, -0.1) is 0 Å². The molecule has 0 unspecified atom stereocenters. The summed E-state index contributed by atoms with van der Waals surface area (Å²) in [6.07, 6.45) is 1.85. The van der Waals surface area contributed by atoms with Crippen LogP contribution >= 0.6 is 0 Å². The van der Waals surface area contributed by atoms with Gasteiger partial charge in [0.05, 0.1) is 6.54 Å². The van der Waals surface area contributed by atoms with E-state index in [2.05, 4.69) is 10.6 Å². The predicted octanol–water partition coefficient (Wildman–Crippen LogP) is 1.61. The minimum atomic E-state index is -0.556. The van der Waals surface area contributed by atoms with Crippen LogP contribution in [0.1, 0.15) is 26.2 Å². The zero-order chi connectivity index (χ0) is 16.4. The first-order valence-electron chi connectivity index (χ1n) is 6.99. The number of anilines is 1. The quantitative estimate of drug-likeness (QED) is 0.715. The number of benzene rings is 1. The Bertz CT molecular complexity index is 517. The van der Waals surface area contributed by atoms with Crippen molar-refractivity contribution in [1.29, 1.82) is 0 Å². The fourth-order valence-corrected chi connectivity index (χ4v) is 1.51. The standard InChI is InChI=1S/C15H19FN2O4/c1-2-3-4-15(21)22-10-14(20)17-9-13(19)18-12-7-5-11(16)6-8-12/h5-8H,2-4,9-10H2,1H3,(H,17,20)(H,18,19). The lowest BCUT2D eigenvalue weighted by molar-refractivity contribution is -0.148. The summed E-state index contributed by atoms with van der Waals surface area (Å²) in [7, 11) is 0. The summed E-state index contributed by atoms with van der Waals surface area (Å²) in [6, 6.07) is 5.24. The van der Waals surface area contributed by atoms with Crippen molar-refractivity contribution in [3.8, 4) is 0 Å². The van der Waals surface area contributed by atoms with E-state index in [-0.39, 0.29) is 13.0 Å². The number of carbonyl (C=O) groups is 3. The van der Waals surface area contributed by atoms with E-state index in [1.54, 1.807) is 0 Å². The number of esters is 1. The first-order chi connectivity index (χ1) is 10.5. The number of rotatable bonds is 8. The number of ether oxygens (including phenoxy) is 1. The molecule has 0 saturated heterocycles. The molecule has 0 radical (unpaired) electrons. The van der Waals surface area contributed by atoms with Gasteiger partial charge in [-0.25, -0.2) is 4.39 Å². The number of hydrogen-bond donors (Lipinski definition) is 2. The number of amides is 2. The molecule has 7 heteroatoms. The van der Waals surface area contributed by atoms with Gasteiger partial charge >= 0.3 is 5.97 Å². The molecular formula is C15H19FN2O4. The molecule has 2 amide bonds. The molecular weight excluding hydrogens is 291 g/mol. The Kier molecular flexibility index (Phi) is 7.60. The second-order valence-electron chi connectivity index (χ2n) is 4.60. The van der Waals surface area contributed by atoms with Crippen LogP contribution in [0.15, 0.2) is 24.3 Å². The van der Waals surface area contributed by atoms with Crippen LogP contribution in [0, 0.1) is 5.82 Å². The van der Waals surface area contributed by atoms with Crippen molar-refractivity contribution in [2.75, 3.05) is 18.5 Å². The molecule has 0 bridgehead atoms. The maximum Gasteiger partial charge on any atom is 0.306 e. The lowest BCUT2D eigenvalue weighted by Gasteiger charge is -2.07. The van der Waals surface area contributed by atoms with Gasteiger partial charge in [-0.3, -0.25) is 14.4 Å². The Hall–Kier alpha value is -2.44. The molecule has 1 aromatic rings. The van der Waals surface area contributed by atoms with E-state index in [0.717, 1.165) is 6.42 Å². The lowest BCUT2D eigenvalue weighted by atomic mass is 10.2. The molecule has 6 nitrogen and oxygen atoms in total. The molecule has 2 N–H and O–H groups in total. The monoisotopic (exact) mass is 310 g/mol. The zero-order valence-electron chi connectivity index (χ0n) is 12.4. The average molecular weight is 310 g/mol. The molecule has 0 heterocycles. The van der Waals surface area contributed by atoms with Crippen molar-refractivity contribution >= 4 is 23.5 Å². The molecule has 0 aromatic heterocycles. The SMILES string of the molecule is CCCCC(=O)OCC(=O)NCC(=O)Nc1ccc(F)cc1. The van der Waals surface area contributed by atoms with E-state index in [1.165, 1.54) is 24.3 Å². The van der Waals surface area contributed by atoms with E-state index in [4.69, 9.17) is 4.74 Å². The maximum absolute atomic E-state index is 12.7. The van der Waals surface area contributed by atoms with Gasteiger partial charge in [0.25, 0.3) is 5.91 Å². The van der Waals surface area contributed by atoms with E-state index < -0.39 is 30.2 Å². The molecule has 0 spiro atoms. The summed E-state index contributed by atoms with van der Waals surface area (Å²) in [5.74, 6) is -1.86. The van der Waals surface area contributed by atoms with Crippen molar-refractivity contribution in [2.45, 2.75) is 26.2 Å². The lowest BCUT2D eigenvalue weighted by Crippen LogP contribution is -2.35. The Morgan fingerprint density at radius 2 is 1.82 bits per heavy atom. The Morgan fingerprint density at radius 1 is 1.14 bits per heavy atom. The van der Waals surface area contributed by atoms with Crippen molar-refractivity contribution in [1.82, 2.24) is 5.32 Å². The molecule has 1 aromatic carbocycles. The summed E-state index contributed by atoms with van der Waals surface area (Å²) < 4.78 is 17.4. The van der Waals surface area contributed by atoms with Gasteiger partial charge in [0.1, 0.15) is 5.82 Å². The van der Waals surface area contributed by atoms with Crippen LogP contribution in [0.3, 0.4) is 0 Å². The molecule has 0 aliphatic heterocycles. The normalized spacial score (nSPS) is 9.91. The van der Waals surface area contributed by atoms with Gasteiger partial charge in [0, 0.05) is 12.1 Å².